The highest BCUT2D eigenvalue weighted by Gasteiger charge is 2.51. The second-order valence-corrected chi connectivity index (χ2v) is 19.5. The Morgan fingerprint density at radius 2 is 1.83 bits per heavy atom. The minimum atomic E-state index is -1.95. The van der Waals surface area contributed by atoms with Gasteiger partial charge in [-0.25, -0.2) is 19.6 Å². The van der Waals surface area contributed by atoms with Crippen LogP contribution in [0.3, 0.4) is 0 Å². The number of carboxylic acids is 1. The molecule has 5 heterocycles. The van der Waals surface area contributed by atoms with Gasteiger partial charge in [-0.2, -0.15) is 5.10 Å². The van der Waals surface area contributed by atoms with E-state index in [0.29, 0.717) is 41.0 Å². The second-order valence-electron chi connectivity index (χ2n) is 18.7. The molecular formula is C48H61N9O11S. The highest BCUT2D eigenvalue weighted by molar-refractivity contribution is 7.98. The van der Waals surface area contributed by atoms with Gasteiger partial charge in [0, 0.05) is 43.7 Å². The first-order chi connectivity index (χ1) is 33.0. The fraction of sp³-hybridized carbons (Fsp3) is 0.521. The van der Waals surface area contributed by atoms with E-state index in [1.165, 1.54) is 24.6 Å². The van der Waals surface area contributed by atoms with Crippen LogP contribution in [0.2, 0.25) is 0 Å². The Hall–Kier alpha value is -5.68. The number of anilines is 2. The number of carbonyl (C=O) groups excluding carboxylic acids is 3. The number of pyridine rings is 1. The summed E-state index contributed by atoms with van der Waals surface area (Å²) in [5.41, 5.74) is 9.45. The molecule has 4 aromatic rings. The summed E-state index contributed by atoms with van der Waals surface area (Å²) >= 11 is 1.61. The van der Waals surface area contributed by atoms with Gasteiger partial charge in [0.1, 0.15) is 48.6 Å². The number of aliphatic hydroxyl groups excluding tert-OH is 3. The van der Waals surface area contributed by atoms with Gasteiger partial charge in [0.2, 0.25) is 6.29 Å². The smallest absolute Gasteiger partial charge is 0.413 e. The van der Waals surface area contributed by atoms with E-state index in [1.807, 2.05) is 32.4 Å². The van der Waals surface area contributed by atoms with Crippen molar-refractivity contribution in [3.05, 3.63) is 87.5 Å². The number of nitrogens with one attached hydrogen (secondary N) is 2. The molecule has 5 unspecified atom stereocenters. The second kappa shape index (κ2) is 20.7. The number of fused-ring (bicyclic) bond motifs is 1. The number of rotatable bonds is 16. The largest absolute Gasteiger partial charge is 0.479 e. The van der Waals surface area contributed by atoms with Crippen LogP contribution >= 0.6 is 11.8 Å². The summed E-state index contributed by atoms with van der Waals surface area (Å²) < 4.78 is 18.4. The third kappa shape index (κ3) is 10.2. The Morgan fingerprint density at radius 1 is 1.04 bits per heavy atom. The maximum Gasteiger partial charge on any atom is 0.413 e. The number of nitrogens with zero attached hydrogens (tertiary/aromatic N) is 6. The Morgan fingerprint density at radius 3 is 2.49 bits per heavy atom. The highest BCUT2D eigenvalue weighted by Crippen LogP contribution is 2.53. The summed E-state index contributed by atoms with van der Waals surface area (Å²) in [7, 11) is 1.82. The van der Waals surface area contributed by atoms with Crippen molar-refractivity contribution in [2.24, 2.45) is 24.6 Å². The lowest BCUT2D eigenvalue weighted by Crippen LogP contribution is -2.61. The molecule has 1 saturated carbocycles. The van der Waals surface area contributed by atoms with Crippen molar-refractivity contribution in [3.63, 3.8) is 0 Å². The van der Waals surface area contributed by atoms with Gasteiger partial charge in [0.25, 0.3) is 11.8 Å². The normalized spacial score (nSPS) is 25.7. The number of aliphatic carboxylic acids is 1. The zero-order valence-corrected chi connectivity index (χ0v) is 40.2. The van der Waals surface area contributed by atoms with E-state index in [2.05, 4.69) is 35.4 Å². The van der Waals surface area contributed by atoms with Crippen molar-refractivity contribution in [1.82, 2.24) is 30.0 Å². The molecule has 2 aromatic heterocycles. The van der Waals surface area contributed by atoms with Gasteiger partial charge in [0.15, 0.2) is 11.9 Å². The number of aromatic nitrogens is 4. The number of amides is 3. The van der Waals surface area contributed by atoms with E-state index in [4.69, 9.17) is 35.0 Å². The van der Waals surface area contributed by atoms with Crippen molar-refractivity contribution < 1.29 is 53.8 Å². The summed E-state index contributed by atoms with van der Waals surface area (Å²) in [5.74, 6) is -0.454. The minimum absolute atomic E-state index is 0.0768. The third-order valence-electron chi connectivity index (χ3n) is 13.5. The number of benzene rings is 2. The first-order valence-electron chi connectivity index (χ1n) is 23.3. The summed E-state index contributed by atoms with van der Waals surface area (Å²) in [4.78, 5) is 68.6. The number of aryl methyl sites for hydroxylation is 1. The first kappa shape index (κ1) is 49.7. The van der Waals surface area contributed by atoms with Crippen molar-refractivity contribution in [2.75, 3.05) is 42.7 Å². The molecular weight excluding hydrogens is 911 g/mol. The van der Waals surface area contributed by atoms with Crippen LogP contribution in [0.1, 0.15) is 101 Å². The van der Waals surface area contributed by atoms with Gasteiger partial charge >= 0.3 is 12.1 Å². The van der Waals surface area contributed by atoms with Gasteiger partial charge in [-0.1, -0.05) is 26.8 Å². The predicted octanol–water partition coefficient (Wildman–Crippen LogP) is 3.31. The molecule has 6 atom stereocenters. The molecule has 69 heavy (non-hydrogen) atoms. The van der Waals surface area contributed by atoms with E-state index in [9.17, 15) is 39.6 Å². The Labute approximate surface area is 403 Å². The van der Waals surface area contributed by atoms with Gasteiger partial charge in [-0.05, 0) is 115 Å². The molecule has 8 N–H and O–H groups in total. The summed E-state index contributed by atoms with van der Waals surface area (Å²) in [6.07, 6.45) is -2.41. The summed E-state index contributed by atoms with van der Waals surface area (Å²) in [6, 6.07) is 10.4. The van der Waals surface area contributed by atoms with Crippen molar-refractivity contribution >= 4 is 47.3 Å². The van der Waals surface area contributed by atoms with Crippen LogP contribution in [0.25, 0.3) is 0 Å². The lowest BCUT2D eigenvalue weighted by atomic mass is 9.57. The number of carbonyl (C=O) groups is 4. The van der Waals surface area contributed by atoms with Crippen LogP contribution in [-0.4, -0.2) is 132 Å². The number of ether oxygens (including phenoxy) is 3. The molecule has 20 nitrogen and oxygen atoms in total. The van der Waals surface area contributed by atoms with E-state index in [1.54, 1.807) is 27.7 Å². The standard InChI is InChI=1S/C48H61N9O11S/c1-6-29-33(48(18-26(3)19-48)46-51-24-55(4)54-46)17-36(57-22-32-30(43(57)62)15-28(16-35(32)69-5)21-56-13-7-8-25(2)20-56)52-41(29)53-47(65)66-23-27-9-10-34(31(14-27)42(61)50-12-11-49)67-45-39(60)37(58)38(59)40(68-45)44(63)64/h9-10,14-17,24-26,37-40,45,58-60H,6-8,11-13,18-23,49H2,1-5H3,(H,50,61)(H,63,64)(H,52,53,65)/t25-,26?,37?,38?,39?,40?,45?,48?/m0/s1. The van der Waals surface area contributed by atoms with Crippen molar-refractivity contribution in [2.45, 2.75) is 114 Å². The van der Waals surface area contributed by atoms with E-state index < -0.39 is 54.1 Å². The first-order valence-corrected chi connectivity index (χ1v) is 24.5. The quantitative estimate of drug-likeness (QED) is 0.0794. The van der Waals surface area contributed by atoms with Crippen LogP contribution in [0, 0.1) is 11.8 Å². The molecule has 2 aromatic carbocycles. The Bertz CT molecular complexity index is 2590. The fourth-order valence-electron chi connectivity index (χ4n) is 10.2. The zero-order chi connectivity index (χ0) is 49.3. The van der Waals surface area contributed by atoms with Crippen molar-refractivity contribution in [3.8, 4) is 5.75 Å². The molecule has 8 rings (SSSR count). The van der Waals surface area contributed by atoms with Crippen LogP contribution in [0.4, 0.5) is 16.4 Å². The number of nitrogens with two attached hydrogens (primary N) is 1. The van der Waals surface area contributed by atoms with Gasteiger partial charge in [-0.15, -0.1) is 11.8 Å². The van der Waals surface area contributed by atoms with Crippen LogP contribution in [-0.2, 0) is 52.8 Å². The molecule has 21 heteroatoms. The topological polar surface area (TPSA) is 277 Å². The number of hydrogen-bond acceptors (Lipinski definition) is 16. The molecule has 3 aliphatic heterocycles. The lowest BCUT2D eigenvalue weighted by molar-refractivity contribution is -0.271. The monoisotopic (exact) mass is 971 g/mol. The average Bonchev–Trinajstić information content (AvgIpc) is 3.91. The third-order valence-corrected chi connectivity index (χ3v) is 14.3. The average molecular weight is 972 g/mol. The minimum Gasteiger partial charge on any atom is -0.479 e. The fourth-order valence-corrected chi connectivity index (χ4v) is 10.8. The van der Waals surface area contributed by atoms with Crippen LogP contribution in [0.15, 0.2) is 47.6 Å². The molecule has 3 fully saturated rings. The molecule has 370 valence electrons. The molecule has 3 amide bonds. The predicted molar refractivity (Wildman–Crippen MR) is 253 cm³/mol. The number of likely N-dealkylation sites (tertiary alicyclic amines) is 1. The Balaban J connectivity index is 1.09. The molecule has 0 bridgehead atoms. The summed E-state index contributed by atoms with van der Waals surface area (Å²) in [5, 5.41) is 50.9. The van der Waals surface area contributed by atoms with E-state index in [0.717, 1.165) is 66.0 Å². The number of aliphatic hydroxyl groups is 3. The molecule has 0 spiro atoms. The van der Waals surface area contributed by atoms with Crippen molar-refractivity contribution in [1.29, 1.82) is 0 Å². The van der Waals surface area contributed by atoms with Gasteiger partial charge in [-0.3, -0.25) is 29.4 Å². The van der Waals surface area contributed by atoms with Crippen LogP contribution < -0.4 is 26.0 Å². The maximum absolute atomic E-state index is 14.6. The number of piperidine rings is 1. The highest BCUT2D eigenvalue weighted by atomic mass is 32.2. The SMILES string of the molecule is CCc1c(C2(c3ncn(C)n3)CC(C)C2)cc(N2Cc3c(SC)cc(CN4CCC[C@H](C)C4)cc3C2=O)nc1NC(=O)OCc1ccc(OC2OC(C(=O)O)C(O)C(O)C2O)c(C(=O)NCCN)c1. The number of hydrogen-bond donors (Lipinski definition) is 7. The number of carboxylic acid groups (broad SMARTS) is 1. The number of thioether (sulfide) groups is 1. The molecule has 1 aliphatic carbocycles. The Kier molecular flexibility index (Phi) is 14.9. The van der Waals surface area contributed by atoms with E-state index >= 15 is 0 Å². The van der Waals surface area contributed by atoms with Crippen LogP contribution in [0.5, 0.6) is 5.75 Å². The van der Waals surface area contributed by atoms with Gasteiger partial charge in [0.05, 0.1) is 17.5 Å². The zero-order valence-electron chi connectivity index (χ0n) is 39.4. The maximum atomic E-state index is 14.6. The van der Waals surface area contributed by atoms with E-state index in [-0.39, 0.29) is 49.3 Å². The molecule has 2 saturated heterocycles. The lowest BCUT2D eigenvalue weighted by Gasteiger charge is -2.46. The molecule has 4 aliphatic rings. The van der Waals surface area contributed by atoms with Gasteiger partial charge < -0.3 is 45.7 Å². The summed E-state index contributed by atoms with van der Waals surface area (Å²) in [6.45, 7) is 9.32. The molecule has 0 radical (unpaired) electrons.